The summed E-state index contributed by atoms with van der Waals surface area (Å²) in [5, 5.41) is -0.0159. The minimum atomic E-state index is -3.63. The fraction of sp³-hybridized carbons (Fsp3) is 0.273. The molecule has 0 unspecified atom stereocenters. The molecule has 1 N–H and O–H groups in total. The van der Waals surface area contributed by atoms with Crippen molar-refractivity contribution >= 4 is 10.0 Å². The maximum Gasteiger partial charge on any atom is 0.259 e. The maximum absolute atomic E-state index is 12.0. The van der Waals surface area contributed by atoms with Gasteiger partial charge in [-0.2, -0.15) is 0 Å². The Balaban J connectivity index is 2.14. The highest BCUT2D eigenvalue weighted by Gasteiger charge is 2.17. The van der Waals surface area contributed by atoms with E-state index in [1.807, 2.05) is 0 Å². The van der Waals surface area contributed by atoms with Gasteiger partial charge in [0.15, 0.2) is 5.03 Å². The Hall–Kier alpha value is -1.93. The van der Waals surface area contributed by atoms with Crippen molar-refractivity contribution in [2.24, 2.45) is 7.05 Å². The van der Waals surface area contributed by atoms with Crippen LogP contribution in [-0.4, -0.2) is 30.1 Å². The van der Waals surface area contributed by atoms with Crippen molar-refractivity contribution < 1.29 is 13.2 Å². The molecule has 2 aromatic rings. The number of ether oxygens (including phenoxy) is 1. The second kappa shape index (κ2) is 5.37. The predicted molar refractivity (Wildman–Crippen MR) is 68.0 cm³/mol. The fourth-order valence-corrected chi connectivity index (χ4v) is 2.50. The molecule has 0 spiro atoms. The number of methoxy groups -OCH3 is 1. The number of pyridine rings is 1. The minimum Gasteiger partial charge on any atom is -0.481 e. The van der Waals surface area contributed by atoms with Crippen LogP contribution in [0.3, 0.4) is 0 Å². The van der Waals surface area contributed by atoms with Gasteiger partial charge in [0.2, 0.25) is 5.88 Å². The Bertz CT molecular complexity index is 666. The molecule has 0 saturated carbocycles. The first-order valence-corrected chi connectivity index (χ1v) is 6.97. The normalized spacial score (nSPS) is 11.5. The van der Waals surface area contributed by atoms with Gasteiger partial charge in [-0.15, -0.1) is 0 Å². The van der Waals surface area contributed by atoms with Crippen molar-refractivity contribution in [1.82, 2.24) is 19.3 Å². The number of hydrogen-bond acceptors (Lipinski definition) is 5. The van der Waals surface area contributed by atoms with E-state index in [9.17, 15) is 8.42 Å². The van der Waals surface area contributed by atoms with Crippen LogP contribution in [0.5, 0.6) is 5.88 Å². The van der Waals surface area contributed by atoms with Crippen LogP contribution in [0.4, 0.5) is 0 Å². The lowest BCUT2D eigenvalue weighted by Gasteiger charge is -2.07. The molecule has 0 aliphatic rings. The molecular formula is C11H14N4O3S. The highest BCUT2D eigenvalue weighted by molar-refractivity contribution is 7.89. The number of sulfonamides is 1. The lowest BCUT2D eigenvalue weighted by Crippen LogP contribution is -2.24. The van der Waals surface area contributed by atoms with Crippen molar-refractivity contribution in [2.75, 3.05) is 7.11 Å². The molecule has 2 rings (SSSR count). The monoisotopic (exact) mass is 282 g/mol. The summed E-state index contributed by atoms with van der Waals surface area (Å²) in [7, 11) is -0.438. The van der Waals surface area contributed by atoms with Crippen molar-refractivity contribution in [2.45, 2.75) is 11.6 Å². The van der Waals surface area contributed by atoms with Crippen LogP contribution in [0, 0.1) is 0 Å². The molecule has 0 aliphatic carbocycles. The zero-order valence-corrected chi connectivity index (χ0v) is 11.4. The third-order valence-electron chi connectivity index (χ3n) is 2.45. The maximum atomic E-state index is 12.0. The Morgan fingerprint density at radius 1 is 1.42 bits per heavy atom. The summed E-state index contributed by atoms with van der Waals surface area (Å²) in [4.78, 5) is 7.81. The molecule has 0 amide bonds. The van der Waals surface area contributed by atoms with Crippen LogP contribution in [0.1, 0.15) is 5.56 Å². The first kappa shape index (κ1) is 13.5. The molecule has 102 valence electrons. The Labute approximate surface area is 111 Å². The van der Waals surface area contributed by atoms with Gasteiger partial charge in [-0.3, -0.25) is 0 Å². The van der Waals surface area contributed by atoms with E-state index >= 15 is 0 Å². The average molecular weight is 282 g/mol. The van der Waals surface area contributed by atoms with Gasteiger partial charge in [0.1, 0.15) is 0 Å². The smallest absolute Gasteiger partial charge is 0.259 e. The third-order valence-corrected chi connectivity index (χ3v) is 3.74. The van der Waals surface area contributed by atoms with Gasteiger partial charge in [-0.25, -0.2) is 23.1 Å². The van der Waals surface area contributed by atoms with Crippen LogP contribution < -0.4 is 9.46 Å². The summed E-state index contributed by atoms with van der Waals surface area (Å²) >= 11 is 0. The molecule has 0 saturated heterocycles. The summed E-state index contributed by atoms with van der Waals surface area (Å²) < 4.78 is 33.0. The van der Waals surface area contributed by atoms with E-state index in [1.165, 1.54) is 19.6 Å². The Morgan fingerprint density at radius 3 is 2.84 bits per heavy atom. The van der Waals surface area contributed by atoms with Crippen LogP contribution in [0.25, 0.3) is 0 Å². The number of rotatable bonds is 5. The lowest BCUT2D eigenvalue weighted by atomic mass is 10.3. The molecule has 0 fully saturated rings. The van der Waals surface area contributed by atoms with E-state index in [4.69, 9.17) is 4.74 Å². The lowest BCUT2D eigenvalue weighted by molar-refractivity contribution is 0.392. The van der Waals surface area contributed by atoms with Gasteiger partial charge < -0.3 is 9.30 Å². The number of hydrogen-bond donors (Lipinski definition) is 1. The van der Waals surface area contributed by atoms with Crippen LogP contribution in [0.2, 0.25) is 0 Å². The number of aryl methyl sites for hydroxylation is 1. The van der Waals surface area contributed by atoms with Gasteiger partial charge in [-0.05, 0) is 6.07 Å². The third kappa shape index (κ3) is 3.09. The molecule has 7 nitrogen and oxygen atoms in total. The second-order valence-electron chi connectivity index (χ2n) is 3.87. The van der Waals surface area contributed by atoms with E-state index in [1.54, 1.807) is 29.9 Å². The summed E-state index contributed by atoms with van der Waals surface area (Å²) in [6, 6.07) is 3.46. The summed E-state index contributed by atoms with van der Waals surface area (Å²) in [6.45, 7) is 0.0932. The van der Waals surface area contributed by atoms with E-state index in [0.29, 0.717) is 11.4 Å². The zero-order valence-electron chi connectivity index (χ0n) is 10.6. The quantitative estimate of drug-likeness (QED) is 0.852. The predicted octanol–water partition coefficient (Wildman–Crippen LogP) is 0.302. The van der Waals surface area contributed by atoms with E-state index in [2.05, 4.69) is 14.7 Å². The summed E-state index contributed by atoms with van der Waals surface area (Å²) in [5.41, 5.74) is 0.657. The largest absolute Gasteiger partial charge is 0.481 e. The molecule has 0 aliphatic heterocycles. The number of nitrogens with zero attached hydrogens (tertiary/aromatic N) is 3. The molecule has 2 aromatic heterocycles. The Kier molecular flexibility index (Phi) is 3.82. The van der Waals surface area contributed by atoms with Gasteiger partial charge in [0.05, 0.1) is 13.4 Å². The highest BCUT2D eigenvalue weighted by Crippen LogP contribution is 2.14. The van der Waals surface area contributed by atoms with Gasteiger partial charge >= 0.3 is 0 Å². The first-order valence-electron chi connectivity index (χ1n) is 5.48. The van der Waals surface area contributed by atoms with E-state index in [-0.39, 0.29) is 11.6 Å². The highest BCUT2D eigenvalue weighted by atomic mass is 32.2. The van der Waals surface area contributed by atoms with Gasteiger partial charge in [0, 0.05) is 31.5 Å². The number of imidazole rings is 1. The van der Waals surface area contributed by atoms with Crippen molar-refractivity contribution in [1.29, 1.82) is 0 Å². The molecule has 2 heterocycles. The van der Waals surface area contributed by atoms with Gasteiger partial charge in [0.25, 0.3) is 10.0 Å². The molecule has 0 atom stereocenters. The van der Waals surface area contributed by atoms with Crippen LogP contribution in [-0.2, 0) is 23.6 Å². The average Bonchev–Trinajstić information content (AvgIpc) is 2.84. The van der Waals surface area contributed by atoms with Crippen molar-refractivity contribution in [3.05, 3.63) is 36.4 Å². The van der Waals surface area contributed by atoms with E-state index in [0.717, 1.165) is 0 Å². The van der Waals surface area contributed by atoms with Gasteiger partial charge in [-0.1, -0.05) is 6.07 Å². The van der Waals surface area contributed by atoms with E-state index < -0.39 is 10.0 Å². The van der Waals surface area contributed by atoms with Crippen molar-refractivity contribution in [3.8, 4) is 5.88 Å². The number of nitrogens with one attached hydrogen (secondary N) is 1. The summed E-state index contributed by atoms with van der Waals surface area (Å²) in [6.07, 6.45) is 4.44. The zero-order chi connectivity index (χ0) is 13.9. The standard InChI is InChI=1S/C11H14N4O3S/c1-15-7-10(13-8-15)19(16,17)14-6-9-4-3-5-12-11(9)18-2/h3-5,7-8,14H,6H2,1-2H3. The molecule has 19 heavy (non-hydrogen) atoms. The molecule has 0 radical (unpaired) electrons. The topological polar surface area (TPSA) is 86.1 Å². The molecular weight excluding hydrogens is 268 g/mol. The SMILES string of the molecule is COc1ncccc1CNS(=O)(=O)c1cn(C)cn1. The Morgan fingerprint density at radius 2 is 2.21 bits per heavy atom. The molecule has 0 bridgehead atoms. The van der Waals surface area contributed by atoms with Crippen LogP contribution in [0.15, 0.2) is 35.9 Å². The number of aromatic nitrogens is 3. The summed E-state index contributed by atoms with van der Waals surface area (Å²) in [5.74, 6) is 0.395. The molecule has 8 heteroatoms. The first-order chi connectivity index (χ1) is 9.03. The molecule has 0 aromatic carbocycles. The minimum absolute atomic E-state index is 0.0159. The fourth-order valence-electron chi connectivity index (χ4n) is 1.52. The second-order valence-corrected chi connectivity index (χ2v) is 5.59. The van der Waals surface area contributed by atoms with Crippen LogP contribution >= 0.6 is 0 Å². The van der Waals surface area contributed by atoms with Crippen molar-refractivity contribution in [3.63, 3.8) is 0 Å².